The molecule has 0 bridgehead atoms. The van der Waals surface area contributed by atoms with Crippen molar-refractivity contribution in [2.24, 2.45) is 17.1 Å². The highest BCUT2D eigenvalue weighted by atomic mass is 16.2. The van der Waals surface area contributed by atoms with Crippen LogP contribution >= 0.6 is 0 Å². The van der Waals surface area contributed by atoms with Crippen molar-refractivity contribution < 1.29 is 4.79 Å². The molecule has 0 aliphatic heterocycles. The van der Waals surface area contributed by atoms with E-state index in [0.717, 1.165) is 19.4 Å². The molecule has 0 radical (unpaired) electrons. The molecule has 0 saturated heterocycles. The van der Waals surface area contributed by atoms with Gasteiger partial charge >= 0.3 is 0 Å². The van der Waals surface area contributed by atoms with Crippen LogP contribution in [0.4, 0.5) is 0 Å². The number of carbonyl (C=O) groups is 1. The zero-order valence-electron chi connectivity index (χ0n) is 12.3. The molecular formula is C14H30N2O. The van der Waals surface area contributed by atoms with Crippen molar-refractivity contribution in [3.8, 4) is 0 Å². The van der Waals surface area contributed by atoms with Crippen LogP contribution in [-0.2, 0) is 4.79 Å². The molecule has 0 saturated carbocycles. The van der Waals surface area contributed by atoms with Crippen LogP contribution in [-0.4, -0.2) is 30.4 Å². The zero-order chi connectivity index (χ0) is 13.5. The van der Waals surface area contributed by atoms with Crippen LogP contribution in [0, 0.1) is 11.3 Å². The van der Waals surface area contributed by atoms with Crippen LogP contribution in [0.25, 0.3) is 0 Å². The van der Waals surface area contributed by atoms with E-state index in [1.54, 1.807) is 0 Å². The summed E-state index contributed by atoms with van der Waals surface area (Å²) in [5.74, 6) is 0.702. The van der Waals surface area contributed by atoms with Crippen LogP contribution in [0.15, 0.2) is 0 Å². The third-order valence-corrected chi connectivity index (χ3v) is 2.73. The van der Waals surface area contributed by atoms with E-state index in [9.17, 15) is 4.79 Å². The molecule has 0 aliphatic carbocycles. The van der Waals surface area contributed by atoms with E-state index >= 15 is 0 Å². The summed E-state index contributed by atoms with van der Waals surface area (Å²) in [7, 11) is 0. The van der Waals surface area contributed by atoms with Gasteiger partial charge in [0.05, 0.1) is 0 Å². The number of hydrogen-bond donors (Lipinski definition) is 1. The van der Waals surface area contributed by atoms with Crippen LogP contribution < -0.4 is 5.73 Å². The molecule has 0 spiro atoms. The molecule has 1 amide bonds. The Hall–Kier alpha value is -0.570. The lowest BCUT2D eigenvalue weighted by Crippen LogP contribution is -2.36. The molecule has 102 valence electrons. The molecular weight excluding hydrogens is 212 g/mol. The quantitative estimate of drug-likeness (QED) is 0.746. The molecule has 3 heteroatoms. The van der Waals surface area contributed by atoms with E-state index in [1.165, 1.54) is 0 Å². The highest BCUT2D eigenvalue weighted by molar-refractivity contribution is 5.76. The van der Waals surface area contributed by atoms with Gasteiger partial charge in [0.15, 0.2) is 0 Å². The second-order valence-corrected chi connectivity index (χ2v) is 6.24. The summed E-state index contributed by atoms with van der Waals surface area (Å²) in [6.45, 7) is 13.0. The third-order valence-electron chi connectivity index (χ3n) is 2.73. The van der Waals surface area contributed by atoms with Crippen LogP contribution in [0.2, 0.25) is 0 Å². The minimum Gasteiger partial charge on any atom is -0.341 e. The Bertz CT molecular complexity index is 215. The van der Waals surface area contributed by atoms with Crippen molar-refractivity contribution in [2.45, 2.75) is 53.9 Å². The van der Waals surface area contributed by atoms with Gasteiger partial charge in [-0.2, -0.15) is 0 Å². The molecule has 0 fully saturated rings. The first-order chi connectivity index (χ1) is 7.80. The molecule has 0 heterocycles. The fraction of sp³-hybridized carbons (Fsp3) is 0.929. The van der Waals surface area contributed by atoms with Gasteiger partial charge in [-0.05, 0) is 24.2 Å². The maximum Gasteiger partial charge on any atom is 0.222 e. The Balaban J connectivity index is 4.19. The van der Waals surface area contributed by atoms with Gasteiger partial charge in [-0.1, -0.05) is 34.6 Å². The first-order valence-corrected chi connectivity index (χ1v) is 6.78. The Labute approximate surface area is 107 Å². The second kappa shape index (κ2) is 7.70. The number of rotatable bonds is 7. The van der Waals surface area contributed by atoms with Crippen molar-refractivity contribution >= 4 is 5.91 Å². The summed E-state index contributed by atoms with van der Waals surface area (Å²) in [4.78, 5) is 14.0. The third kappa shape index (κ3) is 8.19. The average molecular weight is 242 g/mol. The van der Waals surface area contributed by atoms with Gasteiger partial charge in [-0.25, -0.2) is 0 Å². The maximum atomic E-state index is 12.1. The van der Waals surface area contributed by atoms with E-state index in [0.29, 0.717) is 30.8 Å². The largest absolute Gasteiger partial charge is 0.341 e. The summed E-state index contributed by atoms with van der Waals surface area (Å²) < 4.78 is 0. The summed E-state index contributed by atoms with van der Waals surface area (Å²) in [5, 5.41) is 0. The smallest absolute Gasteiger partial charge is 0.222 e. The average Bonchev–Trinajstić information content (AvgIpc) is 2.14. The van der Waals surface area contributed by atoms with Crippen molar-refractivity contribution in [3.05, 3.63) is 0 Å². The molecule has 1 unspecified atom stereocenters. The standard InChI is InChI=1S/C14H30N2O/c1-6-8-16(9-7-15)13(17)10-12(2)11-14(3,4)5/h12H,6-11,15H2,1-5H3. The molecule has 0 aromatic rings. The lowest BCUT2D eigenvalue weighted by atomic mass is 9.84. The molecule has 17 heavy (non-hydrogen) atoms. The predicted molar refractivity (Wildman–Crippen MR) is 73.8 cm³/mol. The number of nitrogens with zero attached hydrogens (tertiary/aromatic N) is 1. The van der Waals surface area contributed by atoms with Gasteiger partial charge in [0, 0.05) is 26.1 Å². The van der Waals surface area contributed by atoms with E-state index in [-0.39, 0.29) is 5.91 Å². The molecule has 2 N–H and O–H groups in total. The van der Waals surface area contributed by atoms with Crippen LogP contribution in [0.1, 0.15) is 53.9 Å². The van der Waals surface area contributed by atoms with Crippen molar-refractivity contribution in [3.63, 3.8) is 0 Å². The minimum absolute atomic E-state index is 0.258. The van der Waals surface area contributed by atoms with Gasteiger partial charge in [0.25, 0.3) is 0 Å². The van der Waals surface area contributed by atoms with Crippen LogP contribution in [0.3, 0.4) is 0 Å². The molecule has 0 aromatic carbocycles. The minimum atomic E-state index is 0.258. The summed E-state index contributed by atoms with van der Waals surface area (Å²) >= 11 is 0. The normalized spacial score (nSPS) is 13.5. The van der Waals surface area contributed by atoms with Gasteiger partial charge in [-0.3, -0.25) is 4.79 Å². The van der Waals surface area contributed by atoms with Gasteiger partial charge in [0.1, 0.15) is 0 Å². The molecule has 0 aromatic heterocycles. The van der Waals surface area contributed by atoms with Crippen molar-refractivity contribution in [1.29, 1.82) is 0 Å². The van der Waals surface area contributed by atoms with Gasteiger partial charge < -0.3 is 10.6 Å². The Morgan fingerprint density at radius 2 is 1.88 bits per heavy atom. The van der Waals surface area contributed by atoms with E-state index in [4.69, 9.17) is 5.73 Å². The SMILES string of the molecule is CCCN(CCN)C(=O)CC(C)CC(C)(C)C. The first-order valence-electron chi connectivity index (χ1n) is 6.78. The zero-order valence-corrected chi connectivity index (χ0v) is 12.3. The monoisotopic (exact) mass is 242 g/mol. The van der Waals surface area contributed by atoms with Crippen LogP contribution in [0.5, 0.6) is 0 Å². The summed E-state index contributed by atoms with van der Waals surface area (Å²) in [6.07, 6.45) is 2.73. The molecule has 0 rings (SSSR count). The van der Waals surface area contributed by atoms with E-state index in [1.807, 2.05) is 4.90 Å². The lowest BCUT2D eigenvalue weighted by Gasteiger charge is -2.26. The van der Waals surface area contributed by atoms with Crippen molar-refractivity contribution in [1.82, 2.24) is 4.90 Å². The van der Waals surface area contributed by atoms with E-state index < -0.39 is 0 Å². The first kappa shape index (κ1) is 16.4. The van der Waals surface area contributed by atoms with E-state index in [2.05, 4.69) is 34.6 Å². The Kier molecular flexibility index (Phi) is 7.44. The molecule has 0 aliphatic rings. The highest BCUT2D eigenvalue weighted by Gasteiger charge is 2.20. The fourth-order valence-electron chi connectivity index (χ4n) is 2.33. The number of hydrogen-bond acceptors (Lipinski definition) is 2. The maximum absolute atomic E-state index is 12.1. The summed E-state index contributed by atoms with van der Waals surface area (Å²) in [6, 6.07) is 0. The van der Waals surface area contributed by atoms with Gasteiger partial charge in [0.2, 0.25) is 5.91 Å². The number of amides is 1. The molecule has 3 nitrogen and oxygen atoms in total. The van der Waals surface area contributed by atoms with Gasteiger partial charge in [-0.15, -0.1) is 0 Å². The Morgan fingerprint density at radius 3 is 2.29 bits per heavy atom. The topological polar surface area (TPSA) is 46.3 Å². The van der Waals surface area contributed by atoms with Crippen molar-refractivity contribution in [2.75, 3.05) is 19.6 Å². The number of nitrogens with two attached hydrogens (primary N) is 1. The second-order valence-electron chi connectivity index (χ2n) is 6.24. The number of carbonyl (C=O) groups excluding carboxylic acids is 1. The highest BCUT2D eigenvalue weighted by Crippen LogP contribution is 2.26. The molecule has 1 atom stereocenters. The Morgan fingerprint density at radius 1 is 1.29 bits per heavy atom. The summed E-state index contributed by atoms with van der Waals surface area (Å²) in [5.41, 5.74) is 5.83. The fourth-order valence-corrected chi connectivity index (χ4v) is 2.33. The lowest BCUT2D eigenvalue weighted by molar-refractivity contribution is -0.132. The predicted octanol–water partition coefficient (Wildman–Crippen LogP) is 2.65.